The number of rotatable bonds is 0. The zero-order valence-corrected chi connectivity index (χ0v) is 9.35. The average molecular weight is 257 g/mol. The largest absolute Gasteiger partial charge is 0.243 e. The quantitative estimate of drug-likeness (QED) is 0.650. The second kappa shape index (κ2) is 3.28. The van der Waals surface area contributed by atoms with Crippen molar-refractivity contribution in [2.24, 2.45) is 0 Å². The van der Waals surface area contributed by atoms with Gasteiger partial charge in [0.2, 0.25) is 0 Å². The van der Waals surface area contributed by atoms with Crippen LogP contribution in [0.2, 0.25) is 5.15 Å². The molecule has 3 heteroatoms. The summed E-state index contributed by atoms with van der Waals surface area (Å²) in [7, 11) is 0. The summed E-state index contributed by atoms with van der Waals surface area (Å²) in [4.78, 5) is 4.07. The minimum atomic E-state index is 0.557. The van der Waals surface area contributed by atoms with Crippen molar-refractivity contribution >= 4 is 38.3 Å². The Morgan fingerprint density at radius 3 is 2.85 bits per heavy atom. The lowest BCUT2D eigenvalue weighted by molar-refractivity contribution is 1.34. The first-order valence-corrected chi connectivity index (χ1v) is 5.06. The van der Waals surface area contributed by atoms with Crippen LogP contribution in [-0.2, 0) is 0 Å². The molecule has 0 bridgehead atoms. The molecule has 0 N–H and O–H groups in total. The number of hydrogen-bond donors (Lipinski definition) is 0. The molecule has 1 nitrogen and oxygen atoms in total. The first kappa shape index (κ1) is 8.97. The van der Waals surface area contributed by atoms with Crippen molar-refractivity contribution in [3.8, 4) is 0 Å². The monoisotopic (exact) mass is 255 g/mol. The van der Waals surface area contributed by atoms with Crippen LogP contribution in [0.25, 0.3) is 10.8 Å². The molecule has 0 radical (unpaired) electrons. The molecule has 0 aliphatic heterocycles. The predicted molar refractivity (Wildman–Crippen MR) is 59.2 cm³/mol. The molecular weight excluding hydrogens is 249 g/mol. The van der Waals surface area contributed by atoms with E-state index in [4.69, 9.17) is 11.6 Å². The molecule has 0 amide bonds. The summed E-state index contributed by atoms with van der Waals surface area (Å²) in [5.74, 6) is 0. The van der Waals surface area contributed by atoms with Gasteiger partial charge in [-0.1, -0.05) is 29.3 Å². The van der Waals surface area contributed by atoms with Gasteiger partial charge in [0.05, 0.1) is 0 Å². The van der Waals surface area contributed by atoms with E-state index in [0.29, 0.717) is 5.15 Å². The molecule has 1 heterocycles. The second-order valence-electron chi connectivity index (χ2n) is 2.95. The van der Waals surface area contributed by atoms with Crippen molar-refractivity contribution in [2.75, 3.05) is 0 Å². The highest BCUT2D eigenvalue weighted by Crippen LogP contribution is 2.28. The fraction of sp³-hybridized carbons (Fsp3) is 0.100. The Morgan fingerprint density at radius 2 is 2.08 bits per heavy atom. The number of aryl methyl sites for hydroxylation is 1. The molecule has 0 atom stereocenters. The molecule has 1 aromatic carbocycles. The first-order chi connectivity index (χ1) is 6.18. The molecule has 66 valence electrons. The minimum Gasteiger partial charge on any atom is -0.243 e. The van der Waals surface area contributed by atoms with Crippen LogP contribution in [0.5, 0.6) is 0 Å². The molecule has 1 aromatic heterocycles. The molecule has 0 aliphatic carbocycles. The van der Waals surface area contributed by atoms with E-state index in [2.05, 4.69) is 27.0 Å². The molecule has 0 unspecified atom stereocenters. The van der Waals surface area contributed by atoms with Crippen molar-refractivity contribution in [3.05, 3.63) is 39.6 Å². The third-order valence-electron chi connectivity index (χ3n) is 1.95. The number of halogens is 2. The average Bonchev–Trinajstić information content (AvgIpc) is 2.12. The van der Waals surface area contributed by atoms with E-state index in [0.717, 1.165) is 15.2 Å². The van der Waals surface area contributed by atoms with Crippen molar-refractivity contribution in [1.29, 1.82) is 0 Å². The lowest BCUT2D eigenvalue weighted by Gasteiger charge is -2.02. The summed E-state index contributed by atoms with van der Waals surface area (Å²) in [5, 5.41) is 2.66. The first-order valence-electron chi connectivity index (χ1n) is 3.89. The topological polar surface area (TPSA) is 12.9 Å². The minimum absolute atomic E-state index is 0.557. The standard InChI is InChI=1S/C10H7BrClN/c1-6-2-3-7-8(4-6)10(12)13-5-9(7)11/h2-5H,1H3. The predicted octanol–water partition coefficient (Wildman–Crippen LogP) is 3.96. The number of benzene rings is 1. The van der Waals surface area contributed by atoms with Crippen molar-refractivity contribution in [2.45, 2.75) is 6.92 Å². The maximum Gasteiger partial charge on any atom is 0.136 e. The van der Waals surface area contributed by atoms with Gasteiger partial charge in [0.1, 0.15) is 5.15 Å². The zero-order chi connectivity index (χ0) is 9.42. The maximum absolute atomic E-state index is 5.97. The van der Waals surface area contributed by atoms with Gasteiger partial charge in [0, 0.05) is 21.4 Å². The number of fused-ring (bicyclic) bond motifs is 1. The fourth-order valence-electron chi connectivity index (χ4n) is 1.29. The summed E-state index contributed by atoms with van der Waals surface area (Å²) in [6.45, 7) is 2.04. The van der Waals surface area contributed by atoms with Crippen LogP contribution < -0.4 is 0 Å². The summed E-state index contributed by atoms with van der Waals surface area (Å²) in [6.07, 6.45) is 1.72. The van der Waals surface area contributed by atoms with Crippen LogP contribution in [0.15, 0.2) is 28.9 Å². The lowest BCUT2D eigenvalue weighted by Crippen LogP contribution is -1.82. The maximum atomic E-state index is 5.97. The van der Waals surface area contributed by atoms with Gasteiger partial charge in [-0.3, -0.25) is 0 Å². The van der Waals surface area contributed by atoms with Gasteiger partial charge in [0.25, 0.3) is 0 Å². The highest BCUT2D eigenvalue weighted by molar-refractivity contribution is 9.10. The number of nitrogens with zero attached hydrogens (tertiary/aromatic N) is 1. The van der Waals surface area contributed by atoms with Crippen LogP contribution in [0.3, 0.4) is 0 Å². The Bertz CT molecular complexity index is 468. The smallest absolute Gasteiger partial charge is 0.136 e. The van der Waals surface area contributed by atoms with Gasteiger partial charge in [-0.2, -0.15) is 0 Å². The fourth-order valence-corrected chi connectivity index (χ4v) is 1.94. The van der Waals surface area contributed by atoms with Crippen molar-refractivity contribution in [3.63, 3.8) is 0 Å². The van der Waals surface area contributed by atoms with E-state index in [9.17, 15) is 0 Å². The van der Waals surface area contributed by atoms with E-state index in [1.165, 1.54) is 5.56 Å². The number of aromatic nitrogens is 1. The molecule has 13 heavy (non-hydrogen) atoms. The van der Waals surface area contributed by atoms with E-state index in [-0.39, 0.29) is 0 Å². The van der Waals surface area contributed by atoms with E-state index < -0.39 is 0 Å². The van der Waals surface area contributed by atoms with Crippen LogP contribution in [0.1, 0.15) is 5.56 Å². The van der Waals surface area contributed by atoms with Crippen molar-refractivity contribution in [1.82, 2.24) is 4.98 Å². The van der Waals surface area contributed by atoms with Crippen LogP contribution in [0.4, 0.5) is 0 Å². The lowest BCUT2D eigenvalue weighted by atomic mass is 10.1. The van der Waals surface area contributed by atoms with Crippen LogP contribution in [0, 0.1) is 6.92 Å². The Hall–Kier alpha value is -0.600. The normalized spacial score (nSPS) is 10.7. The van der Waals surface area contributed by atoms with Gasteiger partial charge in [-0.25, -0.2) is 4.98 Å². The van der Waals surface area contributed by atoms with E-state index >= 15 is 0 Å². The van der Waals surface area contributed by atoms with Gasteiger partial charge < -0.3 is 0 Å². The summed E-state index contributed by atoms with van der Waals surface area (Å²) in [5.41, 5.74) is 1.19. The zero-order valence-electron chi connectivity index (χ0n) is 7.01. The highest BCUT2D eigenvalue weighted by atomic mass is 79.9. The van der Waals surface area contributed by atoms with Crippen molar-refractivity contribution < 1.29 is 0 Å². The second-order valence-corrected chi connectivity index (χ2v) is 4.16. The van der Waals surface area contributed by atoms with Gasteiger partial charge >= 0.3 is 0 Å². The molecular formula is C10H7BrClN. The molecule has 2 rings (SSSR count). The third kappa shape index (κ3) is 1.56. The molecule has 0 saturated carbocycles. The van der Waals surface area contributed by atoms with Gasteiger partial charge in [-0.15, -0.1) is 0 Å². The van der Waals surface area contributed by atoms with Gasteiger partial charge in [-0.05, 0) is 28.9 Å². The summed E-state index contributed by atoms with van der Waals surface area (Å²) >= 11 is 9.40. The molecule has 0 fully saturated rings. The summed E-state index contributed by atoms with van der Waals surface area (Å²) in [6, 6.07) is 6.14. The summed E-state index contributed by atoms with van der Waals surface area (Å²) < 4.78 is 0.979. The number of pyridine rings is 1. The van der Waals surface area contributed by atoms with Crippen LogP contribution in [-0.4, -0.2) is 4.98 Å². The molecule has 0 spiro atoms. The Labute approximate surface area is 89.9 Å². The van der Waals surface area contributed by atoms with Gasteiger partial charge in [0.15, 0.2) is 0 Å². The third-order valence-corrected chi connectivity index (χ3v) is 2.88. The molecule has 2 aromatic rings. The Balaban J connectivity index is 2.92. The SMILES string of the molecule is Cc1ccc2c(Br)cnc(Cl)c2c1. The van der Waals surface area contributed by atoms with Crippen LogP contribution >= 0.6 is 27.5 Å². The molecule has 0 aliphatic rings. The highest BCUT2D eigenvalue weighted by Gasteiger charge is 2.03. The van der Waals surface area contributed by atoms with E-state index in [1.807, 2.05) is 19.1 Å². The van der Waals surface area contributed by atoms with E-state index in [1.54, 1.807) is 6.20 Å². The number of hydrogen-bond acceptors (Lipinski definition) is 1. The Kier molecular flexibility index (Phi) is 2.26. The molecule has 0 saturated heterocycles. The Morgan fingerprint density at radius 1 is 1.31 bits per heavy atom.